The molecule has 8 heteroatoms. The summed E-state index contributed by atoms with van der Waals surface area (Å²) < 4.78 is 28.2. The van der Waals surface area contributed by atoms with Gasteiger partial charge < -0.3 is 9.88 Å². The molecule has 1 aromatic heterocycles. The number of anilines is 1. The van der Waals surface area contributed by atoms with Gasteiger partial charge in [0.2, 0.25) is 0 Å². The zero-order chi connectivity index (χ0) is 19.6. The third-order valence-corrected chi connectivity index (χ3v) is 4.38. The third kappa shape index (κ3) is 4.35. The largest absolute Gasteiger partial charge is 0.319 e. The van der Waals surface area contributed by atoms with Crippen LogP contribution in [-0.4, -0.2) is 10.5 Å². The van der Waals surface area contributed by atoms with Crippen LogP contribution in [0, 0.1) is 11.6 Å². The Morgan fingerprint density at radius 1 is 1.07 bits per heavy atom. The molecule has 1 amide bonds. The van der Waals surface area contributed by atoms with Crippen molar-refractivity contribution in [2.24, 2.45) is 0 Å². The molecule has 0 saturated heterocycles. The number of rotatable bonds is 4. The average Bonchev–Trinajstić information content (AvgIpc) is 2.62. The minimum Gasteiger partial charge on any atom is -0.319 e. The highest BCUT2D eigenvalue weighted by Crippen LogP contribution is 2.21. The lowest BCUT2D eigenvalue weighted by Crippen LogP contribution is -2.29. The van der Waals surface area contributed by atoms with Crippen molar-refractivity contribution in [2.75, 3.05) is 5.32 Å². The van der Waals surface area contributed by atoms with Gasteiger partial charge in [-0.05, 0) is 42.0 Å². The van der Waals surface area contributed by atoms with E-state index >= 15 is 0 Å². The summed E-state index contributed by atoms with van der Waals surface area (Å²) in [5.41, 5.74) is -0.531. The van der Waals surface area contributed by atoms with Gasteiger partial charge in [0.05, 0.1) is 12.2 Å². The summed E-state index contributed by atoms with van der Waals surface area (Å²) in [4.78, 5) is 25.0. The second kappa shape index (κ2) is 7.90. The monoisotopic (exact) mass is 408 g/mol. The van der Waals surface area contributed by atoms with E-state index in [1.54, 1.807) is 18.2 Å². The maximum Gasteiger partial charge on any atom is 0.263 e. The van der Waals surface area contributed by atoms with E-state index in [2.05, 4.69) is 5.32 Å². The Kier molecular flexibility index (Phi) is 5.58. The van der Waals surface area contributed by atoms with Crippen LogP contribution < -0.4 is 10.9 Å². The van der Waals surface area contributed by atoms with E-state index in [0.29, 0.717) is 15.6 Å². The highest BCUT2D eigenvalue weighted by atomic mass is 35.5. The molecular formula is C19H12Cl2F2N2O2. The fourth-order valence-electron chi connectivity index (χ4n) is 2.45. The van der Waals surface area contributed by atoms with Crippen LogP contribution in [0.15, 0.2) is 59.5 Å². The quantitative estimate of drug-likeness (QED) is 0.677. The lowest BCUT2D eigenvalue weighted by Gasteiger charge is -2.10. The number of carbonyl (C=O) groups excluding carboxylic acids is 1. The van der Waals surface area contributed by atoms with Crippen LogP contribution in [0.3, 0.4) is 0 Å². The molecule has 0 aliphatic carbocycles. The standard InChI is InChI=1S/C19H12Cl2F2N2O2/c20-12-4-3-11(15(21)8-12)10-25-7-1-2-14(19(25)27)18(26)24-17-9-13(22)5-6-16(17)23/h1-9H,10H2,(H,24,26). The Balaban J connectivity index is 1.89. The lowest BCUT2D eigenvalue weighted by atomic mass is 10.2. The Morgan fingerprint density at radius 2 is 1.85 bits per heavy atom. The Morgan fingerprint density at radius 3 is 2.59 bits per heavy atom. The number of hydrogen-bond acceptors (Lipinski definition) is 2. The van der Waals surface area contributed by atoms with E-state index in [0.717, 1.165) is 18.2 Å². The maximum absolute atomic E-state index is 13.7. The second-order valence-electron chi connectivity index (χ2n) is 5.67. The third-order valence-electron chi connectivity index (χ3n) is 3.80. The van der Waals surface area contributed by atoms with Gasteiger partial charge in [-0.2, -0.15) is 0 Å². The molecule has 0 saturated carbocycles. The summed E-state index contributed by atoms with van der Waals surface area (Å²) in [5, 5.41) is 3.05. The van der Waals surface area contributed by atoms with E-state index in [9.17, 15) is 18.4 Å². The second-order valence-corrected chi connectivity index (χ2v) is 6.51. The first-order chi connectivity index (χ1) is 12.8. The minimum atomic E-state index is -0.846. The molecule has 3 rings (SSSR count). The molecule has 0 aliphatic rings. The van der Waals surface area contributed by atoms with Crippen molar-refractivity contribution in [1.29, 1.82) is 0 Å². The van der Waals surface area contributed by atoms with Crippen molar-refractivity contribution in [3.63, 3.8) is 0 Å². The zero-order valence-corrected chi connectivity index (χ0v) is 15.2. The molecule has 1 N–H and O–H groups in total. The van der Waals surface area contributed by atoms with Crippen LogP contribution in [0.25, 0.3) is 0 Å². The number of aromatic nitrogens is 1. The van der Waals surface area contributed by atoms with Crippen LogP contribution in [0.5, 0.6) is 0 Å². The van der Waals surface area contributed by atoms with Crippen molar-refractivity contribution in [3.05, 3.63) is 97.9 Å². The Bertz CT molecular complexity index is 1080. The maximum atomic E-state index is 13.7. The summed E-state index contributed by atoms with van der Waals surface area (Å²) in [6.07, 6.45) is 1.49. The van der Waals surface area contributed by atoms with Gasteiger partial charge in [0, 0.05) is 22.3 Å². The molecule has 0 spiro atoms. The molecule has 0 radical (unpaired) electrons. The number of nitrogens with zero attached hydrogens (tertiary/aromatic N) is 1. The minimum absolute atomic E-state index is 0.115. The molecule has 0 atom stereocenters. The molecule has 0 bridgehead atoms. The number of amides is 1. The highest BCUT2D eigenvalue weighted by molar-refractivity contribution is 6.35. The first-order valence-electron chi connectivity index (χ1n) is 7.75. The summed E-state index contributed by atoms with van der Waals surface area (Å²) in [6.45, 7) is 0.115. The molecule has 0 aliphatic heterocycles. The summed E-state index contributed by atoms with van der Waals surface area (Å²) in [6, 6.07) is 10.3. The number of pyridine rings is 1. The first kappa shape index (κ1) is 19.1. The fourth-order valence-corrected chi connectivity index (χ4v) is 2.92. The highest BCUT2D eigenvalue weighted by Gasteiger charge is 2.15. The average molecular weight is 409 g/mol. The van der Waals surface area contributed by atoms with Crippen molar-refractivity contribution in [3.8, 4) is 0 Å². The molecule has 1 heterocycles. The molecule has 138 valence electrons. The summed E-state index contributed by atoms with van der Waals surface area (Å²) >= 11 is 12.0. The van der Waals surface area contributed by atoms with Crippen LogP contribution >= 0.6 is 23.2 Å². The van der Waals surface area contributed by atoms with Crippen molar-refractivity contribution in [2.45, 2.75) is 6.54 Å². The first-order valence-corrected chi connectivity index (χ1v) is 8.50. The number of benzene rings is 2. The molecule has 3 aromatic rings. The molecule has 2 aromatic carbocycles. The molecule has 0 unspecified atom stereocenters. The van der Waals surface area contributed by atoms with Crippen molar-refractivity contribution < 1.29 is 13.6 Å². The number of hydrogen-bond donors (Lipinski definition) is 1. The topological polar surface area (TPSA) is 51.1 Å². The number of nitrogens with one attached hydrogen (secondary N) is 1. The van der Waals surface area contributed by atoms with Gasteiger partial charge in [-0.25, -0.2) is 8.78 Å². The summed E-state index contributed by atoms with van der Waals surface area (Å²) in [5.74, 6) is -2.37. The van der Waals surface area contributed by atoms with Crippen LogP contribution in [0.2, 0.25) is 10.0 Å². The van der Waals surface area contributed by atoms with Gasteiger partial charge in [-0.15, -0.1) is 0 Å². The van der Waals surface area contributed by atoms with Gasteiger partial charge in [0.15, 0.2) is 0 Å². The SMILES string of the molecule is O=C(Nc1cc(F)ccc1F)c1cccn(Cc2ccc(Cl)cc2Cl)c1=O. The molecule has 27 heavy (non-hydrogen) atoms. The van der Waals surface area contributed by atoms with E-state index in [1.165, 1.54) is 22.9 Å². The van der Waals surface area contributed by atoms with Crippen LogP contribution in [-0.2, 0) is 6.54 Å². The van der Waals surface area contributed by atoms with Crippen LogP contribution in [0.1, 0.15) is 15.9 Å². The lowest BCUT2D eigenvalue weighted by molar-refractivity contribution is 0.102. The molecular weight excluding hydrogens is 397 g/mol. The van der Waals surface area contributed by atoms with Crippen molar-refractivity contribution >= 4 is 34.8 Å². The molecule has 4 nitrogen and oxygen atoms in total. The Labute approximate surface area is 163 Å². The van der Waals surface area contributed by atoms with E-state index in [4.69, 9.17) is 23.2 Å². The van der Waals surface area contributed by atoms with Gasteiger partial charge in [0.1, 0.15) is 17.2 Å². The van der Waals surface area contributed by atoms with E-state index < -0.39 is 23.1 Å². The van der Waals surface area contributed by atoms with Gasteiger partial charge >= 0.3 is 0 Å². The number of carbonyl (C=O) groups is 1. The van der Waals surface area contributed by atoms with Crippen molar-refractivity contribution in [1.82, 2.24) is 4.57 Å². The van der Waals surface area contributed by atoms with E-state index in [1.807, 2.05) is 0 Å². The normalized spacial score (nSPS) is 10.7. The predicted molar refractivity (Wildman–Crippen MR) is 101 cm³/mol. The fraction of sp³-hybridized carbons (Fsp3) is 0.0526. The van der Waals surface area contributed by atoms with E-state index in [-0.39, 0.29) is 17.8 Å². The predicted octanol–water partition coefficient (Wildman–Crippen LogP) is 4.73. The van der Waals surface area contributed by atoms with Crippen LogP contribution in [0.4, 0.5) is 14.5 Å². The van der Waals surface area contributed by atoms with Gasteiger partial charge in [0.25, 0.3) is 11.5 Å². The zero-order valence-electron chi connectivity index (χ0n) is 13.7. The summed E-state index contributed by atoms with van der Waals surface area (Å²) in [7, 11) is 0. The smallest absolute Gasteiger partial charge is 0.263 e. The van der Waals surface area contributed by atoms with Gasteiger partial charge in [-0.1, -0.05) is 29.3 Å². The Hall–Kier alpha value is -2.70. The molecule has 0 fully saturated rings. The number of halogens is 4. The van der Waals surface area contributed by atoms with Gasteiger partial charge in [-0.3, -0.25) is 9.59 Å².